The van der Waals surface area contributed by atoms with Crippen LogP contribution in [0.1, 0.15) is 38.0 Å². The SMILES string of the molecule is C=CCN1C(=O)c2ccc(C(=O)O[C@@H](C)C(=O)Nc3ccccc3Cl)cc2C1=O. The topological polar surface area (TPSA) is 92.8 Å². The van der Waals surface area contributed by atoms with Crippen molar-refractivity contribution >= 4 is 41.0 Å². The van der Waals surface area contributed by atoms with Crippen LogP contribution in [-0.2, 0) is 9.53 Å². The first-order valence-corrected chi connectivity index (χ1v) is 9.08. The number of esters is 1. The van der Waals surface area contributed by atoms with Crippen LogP contribution in [0.3, 0.4) is 0 Å². The molecule has 0 saturated carbocycles. The number of benzene rings is 2. The fourth-order valence-corrected chi connectivity index (χ4v) is 2.97. The third kappa shape index (κ3) is 4.05. The molecule has 0 bridgehead atoms. The van der Waals surface area contributed by atoms with Gasteiger partial charge in [-0.3, -0.25) is 19.3 Å². The van der Waals surface area contributed by atoms with Crippen LogP contribution in [0, 0.1) is 0 Å². The van der Waals surface area contributed by atoms with E-state index in [1.165, 1.54) is 31.2 Å². The maximum absolute atomic E-state index is 12.4. The molecule has 2 aromatic carbocycles. The van der Waals surface area contributed by atoms with Gasteiger partial charge in [0.05, 0.1) is 27.4 Å². The van der Waals surface area contributed by atoms with Gasteiger partial charge in [-0.15, -0.1) is 6.58 Å². The Balaban J connectivity index is 1.71. The van der Waals surface area contributed by atoms with Crippen LogP contribution >= 0.6 is 11.6 Å². The lowest BCUT2D eigenvalue weighted by molar-refractivity contribution is -0.123. The minimum atomic E-state index is -1.11. The van der Waals surface area contributed by atoms with E-state index in [9.17, 15) is 19.2 Å². The highest BCUT2D eigenvalue weighted by atomic mass is 35.5. The Morgan fingerprint density at radius 1 is 1.17 bits per heavy atom. The van der Waals surface area contributed by atoms with Gasteiger partial charge in [0.2, 0.25) is 0 Å². The number of fused-ring (bicyclic) bond motifs is 1. The number of hydrogen-bond donors (Lipinski definition) is 1. The van der Waals surface area contributed by atoms with Crippen LogP contribution in [-0.4, -0.2) is 41.2 Å². The molecule has 1 aliphatic heterocycles. The first-order chi connectivity index (χ1) is 13.8. The van der Waals surface area contributed by atoms with Crippen LogP contribution in [0.4, 0.5) is 5.69 Å². The quantitative estimate of drug-likeness (QED) is 0.446. The van der Waals surface area contributed by atoms with Gasteiger partial charge < -0.3 is 10.1 Å². The summed E-state index contributed by atoms with van der Waals surface area (Å²) in [6.07, 6.45) is 0.331. The van der Waals surface area contributed by atoms with Gasteiger partial charge >= 0.3 is 5.97 Å². The Labute approximate surface area is 171 Å². The Kier molecular flexibility index (Phi) is 5.79. The molecule has 8 heteroatoms. The first-order valence-electron chi connectivity index (χ1n) is 8.71. The Bertz CT molecular complexity index is 1030. The second kappa shape index (κ2) is 8.28. The molecular weight excluding hydrogens is 396 g/mol. The molecule has 0 unspecified atom stereocenters. The maximum atomic E-state index is 12.4. The zero-order valence-electron chi connectivity index (χ0n) is 15.5. The first kappa shape index (κ1) is 20.3. The zero-order valence-corrected chi connectivity index (χ0v) is 16.2. The molecule has 1 atom stereocenters. The standard InChI is InChI=1S/C21H17ClN2O5/c1-3-10-24-19(26)14-9-8-13(11-15(14)20(24)27)21(28)29-12(2)18(25)23-17-7-5-4-6-16(17)22/h3-9,11-12H,1,10H2,2H3,(H,23,25)/t12-/m0/s1. The van der Waals surface area contributed by atoms with Gasteiger partial charge in [-0.1, -0.05) is 29.8 Å². The predicted octanol–water partition coefficient (Wildman–Crippen LogP) is 3.31. The highest BCUT2D eigenvalue weighted by Crippen LogP contribution is 2.25. The molecule has 0 saturated heterocycles. The van der Waals surface area contributed by atoms with Crippen molar-refractivity contribution in [2.24, 2.45) is 0 Å². The highest BCUT2D eigenvalue weighted by molar-refractivity contribution is 6.33. The van der Waals surface area contributed by atoms with Crippen molar-refractivity contribution in [2.45, 2.75) is 13.0 Å². The number of imide groups is 1. The molecule has 2 aromatic rings. The predicted molar refractivity (Wildman–Crippen MR) is 107 cm³/mol. The second-order valence-electron chi connectivity index (χ2n) is 6.29. The molecule has 0 aliphatic carbocycles. The molecule has 1 N–H and O–H groups in total. The Morgan fingerprint density at radius 3 is 2.55 bits per heavy atom. The van der Waals surface area contributed by atoms with E-state index in [1.807, 2.05) is 0 Å². The number of para-hydroxylation sites is 1. The average Bonchev–Trinajstić information content (AvgIpc) is 2.94. The van der Waals surface area contributed by atoms with Crippen molar-refractivity contribution in [3.63, 3.8) is 0 Å². The van der Waals surface area contributed by atoms with Crippen LogP contribution in [0.15, 0.2) is 55.1 Å². The Morgan fingerprint density at radius 2 is 1.86 bits per heavy atom. The van der Waals surface area contributed by atoms with E-state index in [2.05, 4.69) is 11.9 Å². The summed E-state index contributed by atoms with van der Waals surface area (Å²) in [4.78, 5) is 50.3. The van der Waals surface area contributed by atoms with E-state index in [4.69, 9.17) is 16.3 Å². The van der Waals surface area contributed by atoms with Crippen LogP contribution in [0.5, 0.6) is 0 Å². The molecule has 1 aliphatic rings. The maximum Gasteiger partial charge on any atom is 0.338 e. The third-order valence-corrected chi connectivity index (χ3v) is 4.63. The van der Waals surface area contributed by atoms with E-state index >= 15 is 0 Å². The van der Waals surface area contributed by atoms with E-state index in [0.717, 1.165) is 4.90 Å². The summed E-state index contributed by atoms with van der Waals surface area (Å²) in [5, 5.41) is 2.93. The summed E-state index contributed by atoms with van der Waals surface area (Å²) in [6, 6.07) is 10.7. The summed E-state index contributed by atoms with van der Waals surface area (Å²) in [7, 11) is 0. The van der Waals surface area contributed by atoms with E-state index in [1.54, 1.807) is 24.3 Å². The lowest BCUT2D eigenvalue weighted by Crippen LogP contribution is -2.30. The van der Waals surface area contributed by atoms with Crippen molar-refractivity contribution in [1.82, 2.24) is 4.90 Å². The third-order valence-electron chi connectivity index (χ3n) is 4.30. The van der Waals surface area contributed by atoms with E-state index < -0.39 is 29.8 Å². The number of nitrogens with one attached hydrogen (secondary N) is 1. The summed E-state index contributed by atoms with van der Waals surface area (Å²) >= 11 is 6.00. The molecule has 3 amide bonds. The molecule has 148 valence electrons. The van der Waals surface area contributed by atoms with Crippen LogP contribution < -0.4 is 5.32 Å². The molecule has 0 spiro atoms. The number of rotatable bonds is 6. The van der Waals surface area contributed by atoms with Crippen LogP contribution in [0.2, 0.25) is 5.02 Å². The largest absolute Gasteiger partial charge is 0.449 e. The van der Waals surface area contributed by atoms with E-state index in [0.29, 0.717) is 10.7 Å². The average molecular weight is 413 g/mol. The highest BCUT2D eigenvalue weighted by Gasteiger charge is 2.35. The summed E-state index contributed by atoms with van der Waals surface area (Å²) in [5.41, 5.74) is 0.770. The molecule has 7 nitrogen and oxygen atoms in total. The minimum Gasteiger partial charge on any atom is -0.449 e. The number of carbonyl (C=O) groups is 4. The molecule has 29 heavy (non-hydrogen) atoms. The number of hydrogen-bond acceptors (Lipinski definition) is 5. The number of ether oxygens (including phenoxy) is 1. The van der Waals surface area contributed by atoms with Gasteiger partial charge in [0, 0.05) is 6.54 Å². The van der Waals surface area contributed by atoms with Gasteiger partial charge in [-0.25, -0.2) is 4.79 Å². The molecular formula is C21H17ClN2O5. The molecule has 0 fully saturated rings. The minimum absolute atomic E-state index is 0.0581. The number of halogens is 1. The lowest BCUT2D eigenvalue weighted by Gasteiger charge is -2.14. The van der Waals surface area contributed by atoms with Crippen LogP contribution in [0.25, 0.3) is 0 Å². The van der Waals surface area contributed by atoms with Crippen molar-refractivity contribution in [1.29, 1.82) is 0 Å². The Hall–Kier alpha value is -3.45. The molecule has 0 aromatic heterocycles. The van der Waals surface area contributed by atoms with Gasteiger partial charge in [0.25, 0.3) is 17.7 Å². The number of nitrogens with zero attached hydrogens (tertiary/aromatic N) is 1. The summed E-state index contributed by atoms with van der Waals surface area (Å²) in [5.74, 6) is -2.31. The van der Waals surface area contributed by atoms with Gasteiger partial charge in [0.15, 0.2) is 6.10 Å². The van der Waals surface area contributed by atoms with Crippen molar-refractivity contribution in [2.75, 3.05) is 11.9 Å². The normalized spacial score (nSPS) is 13.7. The number of anilines is 1. The fraction of sp³-hybridized carbons (Fsp3) is 0.143. The van der Waals surface area contributed by atoms with Gasteiger partial charge in [0.1, 0.15) is 0 Å². The van der Waals surface area contributed by atoms with Crippen molar-refractivity contribution < 1.29 is 23.9 Å². The number of carbonyl (C=O) groups excluding carboxylic acids is 4. The number of amides is 3. The van der Waals surface area contributed by atoms with E-state index in [-0.39, 0.29) is 23.2 Å². The molecule has 1 heterocycles. The van der Waals surface area contributed by atoms with Gasteiger partial charge in [-0.2, -0.15) is 0 Å². The summed E-state index contributed by atoms with van der Waals surface area (Å²) in [6.45, 7) is 5.01. The van der Waals surface area contributed by atoms with Gasteiger partial charge in [-0.05, 0) is 37.3 Å². The summed E-state index contributed by atoms with van der Waals surface area (Å²) < 4.78 is 5.19. The van der Waals surface area contributed by atoms with Crippen molar-refractivity contribution in [3.05, 3.63) is 76.8 Å². The van der Waals surface area contributed by atoms with Crippen molar-refractivity contribution in [3.8, 4) is 0 Å². The molecule has 3 rings (SSSR count). The second-order valence-corrected chi connectivity index (χ2v) is 6.69. The lowest BCUT2D eigenvalue weighted by atomic mass is 10.1. The smallest absolute Gasteiger partial charge is 0.338 e. The fourth-order valence-electron chi connectivity index (χ4n) is 2.79. The monoisotopic (exact) mass is 412 g/mol. The molecule has 0 radical (unpaired) electrons. The zero-order chi connectivity index (χ0) is 21.1.